The Morgan fingerprint density at radius 1 is 1.12 bits per heavy atom. The quantitative estimate of drug-likeness (QED) is 0.804. The van der Waals surface area contributed by atoms with Crippen LogP contribution in [-0.4, -0.2) is 49.8 Å². The third-order valence-corrected chi connectivity index (χ3v) is 4.15. The molecule has 0 aliphatic rings. The molecule has 0 aliphatic carbocycles. The van der Waals surface area contributed by atoms with E-state index in [0.29, 0.717) is 48.6 Å². The van der Waals surface area contributed by atoms with Crippen LogP contribution in [-0.2, 0) is 6.42 Å². The van der Waals surface area contributed by atoms with Gasteiger partial charge in [0.15, 0.2) is 11.5 Å². The second-order valence-corrected chi connectivity index (χ2v) is 5.57. The van der Waals surface area contributed by atoms with E-state index >= 15 is 0 Å². The van der Waals surface area contributed by atoms with Crippen LogP contribution in [0.2, 0.25) is 0 Å². The summed E-state index contributed by atoms with van der Waals surface area (Å²) in [6, 6.07) is 5.26. The lowest BCUT2D eigenvalue weighted by Crippen LogP contribution is -2.40. The number of hydrogen-bond acceptors (Lipinski definition) is 4. The van der Waals surface area contributed by atoms with Crippen LogP contribution in [0.5, 0.6) is 11.5 Å². The van der Waals surface area contributed by atoms with Crippen LogP contribution in [0.3, 0.4) is 0 Å². The van der Waals surface area contributed by atoms with Crippen LogP contribution < -0.4 is 20.3 Å². The first kappa shape index (κ1) is 18.6. The fourth-order valence-corrected chi connectivity index (χ4v) is 2.69. The Bertz CT molecular complexity index is 797. The third kappa shape index (κ3) is 4.23. The van der Waals surface area contributed by atoms with E-state index in [1.807, 2.05) is 26.0 Å². The number of carbonyl (C=O) groups excluding carboxylic acids is 1. The molecule has 0 saturated carbocycles. The minimum atomic E-state index is -0.170. The molecule has 7 heteroatoms. The molecule has 7 nitrogen and oxygen atoms in total. The highest BCUT2D eigenvalue weighted by Gasteiger charge is 2.11. The van der Waals surface area contributed by atoms with Gasteiger partial charge in [-0.1, -0.05) is 0 Å². The molecule has 1 heterocycles. The number of carbonyl (C=O) groups is 1. The summed E-state index contributed by atoms with van der Waals surface area (Å²) >= 11 is 0. The number of nitrogens with one attached hydrogen (secondary N) is 2. The molecular formula is C18H25N3O4. The van der Waals surface area contributed by atoms with Crippen molar-refractivity contribution in [3.05, 3.63) is 34.1 Å². The molecule has 2 amide bonds. The molecule has 0 bridgehead atoms. The van der Waals surface area contributed by atoms with Crippen molar-refractivity contribution in [3.63, 3.8) is 0 Å². The number of aromatic nitrogens is 1. The minimum absolute atomic E-state index is 0.117. The van der Waals surface area contributed by atoms with Crippen LogP contribution in [0.4, 0.5) is 4.79 Å². The molecule has 0 radical (unpaired) electrons. The number of rotatable bonds is 7. The van der Waals surface area contributed by atoms with Gasteiger partial charge in [0.2, 0.25) is 0 Å². The molecule has 136 valence electrons. The summed E-state index contributed by atoms with van der Waals surface area (Å²) in [6.45, 7) is 5.57. The van der Waals surface area contributed by atoms with Gasteiger partial charge in [-0.15, -0.1) is 0 Å². The summed E-state index contributed by atoms with van der Waals surface area (Å²) in [4.78, 5) is 28.8. The highest BCUT2D eigenvalue weighted by molar-refractivity contribution is 5.83. The topological polar surface area (TPSA) is 83.7 Å². The minimum Gasteiger partial charge on any atom is -0.493 e. The van der Waals surface area contributed by atoms with Gasteiger partial charge in [0.1, 0.15) is 0 Å². The van der Waals surface area contributed by atoms with E-state index in [0.717, 1.165) is 5.39 Å². The molecule has 0 saturated heterocycles. The molecule has 2 aromatic rings. The molecule has 0 aliphatic heterocycles. The lowest BCUT2D eigenvalue weighted by molar-refractivity contribution is 0.203. The number of nitrogens with zero attached hydrogens (tertiary/aromatic N) is 1. The number of hydrogen-bond donors (Lipinski definition) is 2. The Morgan fingerprint density at radius 2 is 1.76 bits per heavy atom. The molecule has 1 aromatic heterocycles. The number of benzene rings is 1. The zero-order valence-electron chi connectivity index (χ0n) is 15.1. The van der Waals surface area contributed by atoms with Crippen molar-refractivity contribution in [2.75, 3.05) is 33.9 Å². The average Bonchev–Trinajstić information content (AvgIpc) is 2.62. The number of H-pyrrole nitrogens is 1. The lowest BCUT2D eigenvalue weighted by atomic mass is 10.1. The van der Waals surface area contributed by atoms with Gasteiger partial charge < -0.3 is 24.7 Å². The Labute approximate surface area is 146 Å². The number of fused-ring (bicyclic) bond motifs is 1. The summed E-state index contributed by atoms with van der Waals surface area (Å²) < 4.78 is 10.5. The molecule has 25 heavy (non-hydrogen) atoms. The lowest BCUT2D eigenvalue weighted by Gasteiger charge is -2.19. The van der Waals surface area contributed by atoms with Crippen molar-refractivity contribution < 1.29 is 14.3 Å². The maximum atomic E-state index is 12.3. The first-order valence-corrected chi connectivity index (χ1v) is 8.34. The molecular weight excluding hydrogens is 322 g/mol. The number of aromatic amines is 1. The molecule has 1 aromatic carbocycles. The third-order valence-electron chi connectivity index (χ3n) is 4.15. The van der Waals surface area contributed by atoms with Crippen LogP contribution in [0.25, 0.3) is 10.9 Å². The Morgan fingerprint density at radius 3 is 2.36 bits per heavy atom. The predicted octanol–water partition coefficient (Wildman–Crippen LogP) is 2.14. The fourth-order valence-electron chi connectivity index (χ4n) is 2.69. The second-order valence-electron chi connectivity index (χ2n) is 5.57. The fraction of sp³-hybridized carbons (Fsp3) is 0.444. The number of methoxy groups -OCH3 is 2. The largest absolute Gasteiger partial charge is 0.493 e. The SMILES string of the molecule is CCN(CC)C(=O)NCCc1cc2cc(OC)c(OC)cc2[nH]c1=O. The summed E-state index contributed by atoms with van der Waals surface area (Å²) in [7, 11) is 3.12. The van der Waals surface area contributed by atoms with Crippen molar-refractivity contribution in [2.24, 2.45) is 0 Å². The molecule has 0 atom stereocenters. The Kier molecular flexibility index (Phi) is 6.27. The van der Waals surface area contributed by atoms with E-state index in [9.17, 15) is 9.59 Å². The van der Waals surface area contributed by atoms with Crippen LogP contribution in [0, 0.1) is 0 Å². The van der Waals surface area contributed by atoms with Gasteiger partial charge in [0, 0.05) is 36.7 Å². The predicted molar refractivity (Wildman–Crippen MR) is 97.7 cm³/mol. The van der Waals surface area contributed by atoms with Crippen LogP contribution in [0.1, 0.15) is 19.4 Å². The van der Waals surface area contributed by atoms with Crippen molar-refractivity contribution in [1.29, 1.82) is 0 Å². The molecule has 2 rings (SSSR count). The summed E-state index contributed by atoms with van der Waals surface area (Å²) in [5, 5.41) is 3.69. The van der Waals surface area contributed by atoms with Gasteiger partial charge >= 0.3 is 6.03 Å². The monoisotopic (exact) mass is 347 g/mol. The Balaban J connectivity index is 2.17. The number of pyridine rings is 1. The normalized spacial score (nSPS) is 10.6. The van der Waals surface area contributed by atoms with E-state index in [-0.39, 0.29) is 11.6 Å². The number of amides is 2. The average molecular weight is 347 g/mol. The standard InChI is InChI=1S/C18H25N3O4/c1-5-21(6-2)18(23)19-8-7-12-9-13-10-15(24-3)16(25-4)11-14(13)20-17(12)22/h9-11H,5-8H2,1-4H3,(H,19,23)(H,20,22). The van der Waals surface area contributed by atoms with E-state index in [1.165, 1.54) is 0 Å². The van der Waals surface area contributed by atoms with E-state index in [4.69, 9.17) is 9.47 Å². The van der Waals surface area contributed by atoms with Gasteiger partial charge in [-0.3, -0.25) is 4.79 Å². The summed E-state index contributed by atoms with van der Waals surface area (Å²) in [5.74, 6) is 1.16. The first-order chi connectivity index (χ1) is 12.0. The van der Waals surface area contributed by atoms with Crippen molar-refractivity contribution in [3.8, 4) is 11.5 Å². The van der Waals surface area contributed by atoms with E-state index in [2.05, 4.69) is 10.3 Å². The maximum Gasteiger partial charge on any atom is 0.317 e. The number of urea groups is 1. The van der Waals surface area contributed by atoms with E-state index < -0.39 is 0 Å². The highest BCUT2D eigenvalue weighted by atomic mass is 16.5. The van der Waals surface area contributed by atoms with Gasteiger partial charge in [-0.05, 0) is 32.4 Å². The van der Waals surface area contributed by atoms with Gasteiger partial charge in [-0.25, -0.2) is 4.79 Å². The highest BCUT2D eigenvalue weighted by Crippen LogP contribution is 2.30. The van der Waals surface area contributed by atoms with Crippen molar-refractivity contribution in [2.45, 2.75) is 20.3 Å². The zero-order chi connectivity index (χ0) is 18.4. The van der Waals surface area contributed by atoms with E-state index in [1.54, 1.807) is 25.2 Å². The van der Waals surface area contributed by atoms with Gasteiger partial charge in [0.25, 0.3) is 5.56 Å². The number of ether oxygens (including phenoxy) is 2. The van der Waals surface area contributed by atoms with Crippen molar-refractivity contribution in [1.82, 2.24) is 15.2 Å². The summed E-state index contributed by atoms with van der Waals surface area (Å²) in [6.07, 6.45) is 0.451. The van der Waals surface area contributed by atoms with Crippen molar-refractivity contribution >= 4 is 16.9 Å². The maximum absolute atomic E-state index is 12.3. The first-order valence-electron chi connectivity index (χ1n) is 8.34. The molecule has 0 unspecified atom stereocenters. The van der Waals surface area contributed by atoms with Gasteiger partial charge in [-0.2, -0.15) is 0 Å². The Hall–Kier alpha value is -2.70. The zero-order valence-corrected chi connectivity index (χ0v) is 15.1. The van der Waals surface area contributed by atoms with Crippen LogP contribution >= 0.6 is 0 Å². The molecule has 0 fully saturated rings. The smallest absolute Gasteiger partial charge is 0.317 e. The molecule has 2 N–H and O–H groups in total. The van der Waals surface area contributed by atoms with Crippen LogP contribution in [0.15, 0.2) is 23.0 Å². The second kappa shape index (κ2) is 8.41. The van der Waals surface area contributed by atoms with Gasteiger partial charge in [0.05, 0.1) is 19.7 Å². The molecule has 0 spiro atoms. The summed E-state index contributed by atoms with van der Waals surface area (Å²) in [5.41, 5.74) is 1.12.